The number of benzene rings is 2. The number of nitrogens with one attached hydrogen (secondary N) is 1. The molecule has 5 N–H and O–H groups in total. The van der Waals surface area contributed by atoms with E-state index in [-0.39, 0.29) is 48.6 Å². The number of β-amino-alcohol motifs (C(OH)–C–C–N with tert-alkyl or cyclic N) is 1. The molecule has 12 rings (SSSR count). The van der Waals surface area contributed by atoms with E-state index < -0.39 is 18.1 Å². The number of aryl methyl sites for hydroxylation is 1. The summed E-state index contributed by atoms with van der Waals surface area (Å²) in [6, 6.07) is 22.9. The van der Waals surface area contributed by atoms with Crippen molar-refractivity contribution in [3.63, 3.8) is 0 Å². The number of phenols is 1. The number of thiazole rings is 1. The summed E-state index contributed by atoms with van der Waals surface area (Å²) < 4.78 is 12.5. The highest BCUT2D eigenvalue weighted by atomic mass is 32.1. The van der Waals surface area contributed by atoms with E-state index in [1.165, 1.54) is 12.8 Å². The lowest BCUT2D eigenvalue weighted by Crippen LogP contribution is -2.54. The number of para-hydroxylation sites is 1. The topological polar surface area (TPSA) is 219 Å². The minimum Gasteiger partial charge on any atom is -0.507 e. The van der Waals surface area contributed by atoms with Crippen LogP contribution in [0.25, 0.3) is 21.7 Å². The Morgan fingerprint density at radius 3 is 2.27 bits per heavy atom. The second-order valence-electron chi connectivity index (χ2n) is 24.0. The number of rotatable bonds is 17. The zero-order valence-electron chi connectivity index (χ0n) is 47.0. The lowest BCUT2D eigenvalue weighted by atomic mass is 9.81. The summed E-state index contributed by atoms with van der Waals surface area (Å²) in [6.07, 6.45) is 8.16. The van der Waals surface area contributed by atoms with E-state index >= 15 is 0 Å². The van der Waals surface area contributed by atoms with Crippen molar-refractivity contribution in [2.24, 2.45) is 17.8 Å². The number of aromatic nitrogens is 5. The first-order valence-corrected chi connectivity index (χ1v) is 30.2. The maximum absolute atomic E-state index is 14.4. The molecule has 5 aliphatic heterocycles. The Labute approximate surface area is 478 Å². The normalized spacial score (nSPS) is 24.4. The van der Waals surface area contributed by atoms with Crippen LogP contribution in [0, 0.1) is 24.7 Å². The quantitative estimate of drug-likeness (QED) is 0.0700. The van der Waals surface area contributed by atoms with Crippen molar-refractivity contribution in [1.29, 1.82) is 0 Å². The van der Waals surface area contributed by atoms with Crippen molar-refractivity contribution < 1.29 is 29.1 Å². The van der Waals surface area contributed by atoms with Gasteiger partial charge in [-0.15, -0.1) is 21.5 Å². The summed E-state index contributed by atoms with van der Waals surface area (Å²) in [5, 5.41) is 37.5. The Balaban J connectivity index is 0.564. The molecule has 6 fully saturated rings. The summed E-state index contributed by atoms with van der Waals surface area (Å²) >= 11 is 1.60. The van der Waals surface area contributed by atoms with E-state index in [4.69, 9.17) is 15.0 Å². The van der Waals surface area contributed by atoms with Crippen LogP contribution < -0.4 is 30.5 Å². The summed E-state index contributed by atoms with van der Waals surface area (Å²) in [4.78, 5) is 52.3. The van der Waals surface area contributed by atoms with E-state index in [2.05, 4.69) is 67.3 Å². The average Bonchev–Trinajstić information content (AvgIpc) is 4.28. The Morgan fingerprint density at radius 2 is 1.56 bits per heavy atom. The summed E-state index contributed by atoms with van der Waals surface area (Å²) in [6.45, 7) is 17.6. The predicted octanol–water partition coefficient (Wildman–Crippen LogP) is 7.37. The van der Waals surface area contributed by atoms with Gasteiger partial charge in [-0.05, 0) is 119 Å². The number of aliphatic hydroxyl groups is 1. The molecule has 81 heavy (non-hydrogen) atoms. The first-order chi connectivity index (χ1) is 39.3. The first-order valence-electron chi connectivity index (χ1n) is 29.3. The van der Waals surface area contributed by atoms with Gasteiger partial charge in [0.15, 0.2) is 17.4 Å². The van der Waals surface area contributed by atoms with Crippen LogP contribution in [0.4, 0.5) is 23.0 Å². The number of amides is 2. The zero-order chi connectivity index (χ0) is 55.9. The largest absolute Gasteiger partial charge is 0.507 e. The van der Waals surface area contributed by atoms with Crippen LogP contribution in [0.5, 0.6) is 11.6 Å². The third-order valence-corrected chi connectivity index (χ3v) is 19.1. The maximum atomic E-state index is 14.4. The molecule has 4 aromatic heterocycles. The van der Waals surface area contributed by atoms with Gasteiger partial charge in [0, 0.05) is 107 Å². The van der Waals surface area contributed by atoms with Crippen LogP contribution in [0.15, 0.2) is 89.0 Å². The number of aromatic hydroxyl groups is 1. The average molecular weight is 1120 g/mol. The van der Waals surface area contributed by atoms with Crippen molar-refractivity contribution in [2.75, 3.05) is 92.4 Å². The molecule has 2 amide bonds. The van der Waals surface area contributed by atoms with E-state index in [1.807, 2.05) is 87.9 Å². The molecule has 1 saturated carbocycles. The fourth-order valence-corrected chi connectivity index (χ4v) is 14.4. The molecule has 1 aliphatic carbocycles. The Bertz CT molecular complexity index is 3140. The van der Waals surface area contributed by atoms with E-state index in [0.29, 0.717) is 52.6 Å². The van der Waals surface area contributed by atoms with Crippen LogP contribution in [0.3, 0.4) is 0 Å². The number of hydrogen-bond acceptors (Lipinski definition) is 18. The number of anilines is 4. The molecular formula is C61H77N13O6S. The minimum atomic E-state index is -0.800. The highest BCUT2D eigenvalue weighted by Crippen LogP contribution is 2.41. The third-order valence-electron chi connectivity index (χ3n) is 18.1. The molecule has 6 aliphatic rings. The standard InChI is InChI=1S/C61H77N13O6S/c1-37(2)57(61(78)73-35-47(75)28-52(73)60(77)65-38(3)42-9-11-43(12-10-42)58-39(4)64-36-81-58)54-30-55(68-80-54)71-23-21-70(22-24-71)31-40-16-19-69(20-17-40)32-41-25-48(26-41)79-56-27-44(15-18-63-56)74-45-13-14-46(74)34-72(33-45)51-29-50(66-67-59(51)62)49-7-5-6-8-53(49)76/h5-12,15,18,27,29-30,36-38,40-41,45-48,52,57,75-76H,13-14,16-17,19-26,28,31-35H2,1-4H3,(H2,62,67)(H,65,77)/t38-,41?,45?,46?,47+,48?,52-,57+/m0/s1. The molecular weight excluding hydrogens is 1040 g/mol. The van der Waals surface area contributed by atoms with Crippen LogP contribution in [-0.2, 0) is 9.59 Å². The van der Waals surface area contributed by atoms with Gasteiger partial charge in [-0.25, -0.2) is 9.97 Å². The number of fused-ring (bicyclic) bond motifs is 2. The number of pyridine rings is 1. The van der Waals surface area contributed by atoms with Crippen molar-refractivity contribution in [3.8, 4) is 33.3 Å². The number of aliphatic hydroxyl groups excluding tert-OH is 1. The second kappa shape index (κ2) is 23.5. The molecule has 0 spiro atoms. The number of carbonyl (C=O) groups is 2. The number of nitrogens with two attached hydrogens (primary N) is 1. The number of nitrogen functional groups attached to an aromatic ring is 1. The van der Waals surface area contributed by atoms with Crippen LogP contribution >= 0.6 is 11.3 Å². The molecule has 2 bridgehead atoms. The molecule has 6 atom stereocenters. The Kier molecular flexibility index (Phi) is 15.9. The van der Waals surface area contributed by atoms with Crippen LogP contribution in [0.2, 0.25) is 0 Å². The predicted molar refractivity (Wildman–Crippen MR) is 313 cm³/mol. The van der Waals surface area contributed by atoms with Crippen LogP contribution in [0.1, 0.15) is 94.7 Å². The molecule has 2 aromatic carbocycles. The number of hydrogen-bond donors (Lipinski definition) is 4. The molecule has 19 nitrogen and oxygen atoms in total. The molecule has 5 saturated heterocycles. The fourth-order valence-electron chi connectivity index (χ4n) is 13.6. The van der Waals surface area contributed by atoms with E-state index in [1.54, 1.807) is 28.4 Å². The van der Waals surface area contributed by atoms with Gasteiger partial charge >= 0.3 is 0 Å². The number of ether oxygens (including phenoxy) is 1. The highest BCUT2D eigenvalue weighted by molar-refractivity contribution is 7.13. The minimum absolute atomic E-state index is 0.0872. The van der Waals surface area contributed by atoms with E-state index in [9.17, 15) is 19.8 Å². The third kappa shape index (κ3) is 11.8. The van der Waals surface area contributed by atoms with Crippen molar-refractivity contribution >= 4 is 46.2 Å². The molecule has 9 heterocycles. The van der Waals surface area contributed by atoms with Crippen molar-refractivity contribution in [2.45, 2.75) is 115 Å². The summed E-state index contributed by atoms with van der Waals surface area (Å²) in [7, 11) is 0. The number of phenolic OH excluding ortho intramolecular Hbond substituents is 1. The first kappa shape index (κ1) is 54.7. The van der Waals surface area contributed by atoms with Gasteiger partial charge in [0.25, 0.3) is 0 Å². The van der Waals surface area contributed by atoms with E-state index in [0.717, 1.165) is 130 Å². The molecule has 6 aromatic rings. The second-order valence-corrected chi connectivity index (χ2v) is 24.9. The number of piperazine rings is 2. The lowest BCUT2D eigenvalue weighted by Gasteiger charge is -2.43. The number of piperidine rings is 1. The summed E-state index contributed by atoms with van der Waals surface area (Å²) in [5.74, 6) is 2.51. The molecule has 2 unspecified atom stereocenters. The van der Waals surface area contributed by atoms with Gasteiger partial charge in [0.1, 0.15) is 23.8 Å². The number of carbonyl (C=O) groups excluding carboxylic acids is 2. The Hall–Kier alpha value is -6.87. The number of likely N-dealkylation sites (tertiary alicyclic amines) is 2. The highest BCUT2D eigenvalue weighted by Gasteiger charge is 2.45. The zero-order valence-corrected chi connectivity index (χ0v) is 47.8. The van der Waals surface area contributed by atoms with Gasteiger partial charge in [-0.1, -0.05) is 55.4 Å². The monoisotopic (exact) mass is 1120 g/mol. The maximum Gasteiger partial charge on any atom is 0.243 e. The van der Waals surface area contributed by atoms with Gasteiger partial charge in [0.2, 0.25) is 17.7 Å². The van der Waals surface area contributed by atoms with Gasteiger partial charge in [0.05, 0.1) is 39.6 Å². The van der Waals surface area contributed by atoms with Gasteiger partial charge < -0.3 is 55.0 Å². The molecule has 20 heteroatoms. The SMILES string of the molecule is Cc1ncsc1-c1ccc([C@H](C)NC(=O)[C@@H]2C[C@@H](O)CN2C(=O)[C@@H](c2cc(N3CCN(CC4CCN(CC5CC(Oc6cc(N7C8CCC7CN(c7cc(-c9ccccc9O)nnc7N)C8)ccn6)C5)CC4)CC3)no2)C(C)C)cc1. The van der Waals surface area contributed by atoms with Crippen molar-refractivity contribution in [1.82, 2.24) is 45.3 Å². The smallest absolute Gasteiger partial charge is 0.243 e. The number of nitrogens with zero attached hydrogens (tertiary/aromatic N) is 11. The van der Waals surface area contributed by atoms with Crippen LogP contribution in [-0.4, -0.2) is 164 Å². The van der Waals surface area contributed by atoms with Gasteiger partial charge in [-0.2, -0.15) is 0 Å². The lowest BCUT2D eigenvalue weighted by molar-refractivity contribution is -0.141. The van der Waals surface area contributed by atoms with Crippen molar-refractivity contribution in [3.05, 3.63) is 102 Å². The molecule has 428 valence electrons. The molecule has 0 radical (unpaired) electrons. The Morgan fingerprint density at radius 1 is 0.827 bits per heavy atom. The van der Waals surface area contributed by atoms with Gasteiger partial charge in [-0.3, -0.25) is 14.5 Å². The summed E-state index contributed by atoms with van der Waals surface area (Å²) in [5.41, 5.74) is 14.5. The fraction of sp³-hybridized carbons (Fsp3) is 0.525.